The van der Waals surface area contributed by atoms with E-state index in [2.05, 4.69) is 43.4 Å². The minimum Gasteiger partial charge on any atom is -0.490 e. The second kappa shape index (κ2) is 5.77. The second-order valence-electron chi connectivity index (χ2n) is 6.60. The predicted octanol–water partition coefficient (Wildman–Crippen LogP) is 4.07. The summed E-state index contributed by atoms with van der Waals surface area (Å²) in [7, 11) is 0. The lowest BCUT2D eigenvalue weighted by molar-refractivity contribution is -0.0759. The van der Waals surface area contributed by atoms with E-state index in [1.165, 1.54) is 44.1 Å². The van der Waals surface area contributed by atoms with E-state index in [9.17, 15) is 0 Å². The van der Waals surface area contributed by atoms with Gasteiger partial charge in [0.1, 0.15) is 11.9 Å². The van der Waals surface area contributed by atoms with Crippen LogP contribution in [0.4, 0.5) is 0 Å². The van der Waals surface area contributed by atoms with Crippen LogP contribution in [0.3, 0.4) is 0 Å². The number of hydrogen-bond donors (Lipinski definition) is 1. The van der Waals surface area contributed by atoms with Crippen LogP contribution in [0.15, 0.2) is 24.3 Å². The fourth-order valence-corrected chi connectivity index (χ4v) is 4.00. The molecule has 0 aliphatic heterocycles. The van der Waals surface area contributed by atoms with Crippen molar-refractivity contribution in [1.82, 2.24) is 5.32 Å². The van der Waals surface area contributed by atoms with Crippen LogP contribution >= 0.6 is 0 Å². The van der Waals surface area contributed by atoms with Crippen molar-refractivity contribution in [3.8, 4) is 5.75 Å². The zero-order valence-electron chi connectivity index (χ0n) is 12.8. The zero-order chi connectivity index (χ0) is 14.0. The molecule has 20 heavy (non-hydrogen) atoms. The quantitative estimate of drug-likeness (QED) is 0.873. The van der Waals surface area contributed by atoms with Crippen molar-refractivity contribution >= 4 is 0 Å². The Balaban J connectivity index is 1.66. The third-order valence-corrected chi connectivity index (χ3v) is 5.26. The summed E-state index contributed by atoms with van der Waals surface area (Å²) in [6, 6.07) is 9.19. The van der Waals surface area contributed by atoms with Crippen LogP contribution in [0.25, 0.3) is 0 Å². The highest BCUT2D eigenvalue weighted by Gasteiger charge is 2.57. The Kier molecular flexibility index (Phi) is 4.02. The molecule has 2 unspecified atom stereocenters. The third kappa shape index (κ3) is 2.46. The molecular formula is C18H27NO. The average Bonchev–Trinajstić information content (AvgIpc) is 2.96. The fraction of sp³-hybridized carbons (Fsp3) is 0.667. The summed E-state index contributed by atoms with van der Waals surface area (Å²) >= 11 is 0. The van der Waals surface area contributed by atoms with Crippen LogP contribution in [0, 0.1) is 12.3 Å². The molecule has 0 bridgehead atoms. The molecular weight excluding hydrogens is 246 g/mol. The van der Waals surface area contributed by atoms with Crippen LogP contribution in [-0.2, 0) is 0 Å². The van der Waals surface area contributed by atoms with Gasteiger partial charge in [0.2, 0.25) is 0 Å². The monoisotopic (exact) mass is 273 g/mol. The summed E-state index contributed by atoms with van der Waals surface area (Å²) in [6.45, 7) is 5.51. The molecule has 1 aromatic rings. The minimum atomic E-state index is 0.417. The van der Waals surface area contributed by atoms with E-state index in [-0.39, 0.29) is 0 Å². The van der Waals surface area contributed by atoms with Crippen LogP contribution in [-0.4, -0.2) is 18.7 Å². The first-order chi connectivity index (χ1) is 9.74. The van der Waals surface area contributed by atoms with Crippen molar-refractivity contribution < 1.29 is 4.74 Å². The smallest absolute Gasteiger partial charge is 0.119 e. The number of nitrogens with one attached hydrogen (secondary N) is 1. The summed E-state index contributed by atoms with van der Waals surface area (Å²) < 4.78 is 6.31. The molecule has 1 spiro atoms. The van der Waals surface area contributed by atoms with Gasteiger partial charge < -0.3 is 10.1 Å². The van der Waals surface area contributed by atoms with Gasteiger partial charge >= 0.3 is 0 Å². The molecule has 1 N–H and O–H groups in total. The maximum atomic E-state index is 6.31. The number of aryl methyl sites for hydroxylation is 1. The standard InChI is InChI=1S/C18H27NO/c1-3-12-19-16-13-17(18(16)10-4-5-11-18)20-15-8-6-14(2)7-9-15/h6-9,16-17,19H,3-5,10-13H2,1-2H3. The molecule has 2 atom stereocenters. The molecule has 1 aromatic carbocycles. The first kappa shape index (κ1) is 13.9. The number of ether oxygens (including phenoxy) is 1. The van der Waals surface area contributed by atoms with Gasteiger partial charge in [-0.2, -0.15) is 0 Å². The van der Waals surface area contributed by atoms with E-state index in [4.69, 9.17) is 4.74 Å². The molecule has 0 heterocycles. The number of benzene rings is 1. The fourth-order valence-electron chi connectivity index (χ4n) is 4.00. The molecule has 110 valence electrons. The first-order valence-corrected chi connectivity index (χ1v) is 8.21. The molecule has 0 radical (unpaired) electrons. The Labute approximate surface area is 122 Å². The second-order valence-corrected chi connectivity index (χ2v) is 6.60. The van der Waals surface area contributed by atoms with E-state index in [1.54, 1.807) is 0 Å². The molecule has 2 saturated carbocycles. The SMILES string of the molecule is CCCNC1CC(Oc2ccc(C)cc2)C12CCCC2. The van der Waals surface area contributed by atoms with Crippen LogP contribution < -0.4 is 10.1 Å². The Bertz CT molecular complexity index is 433. The van der Waals surface area contributed by atoms with E-state index >= 15 is 0 Å². The molecule has 0 amide bonds. The van der Waals surface area contributed by atoms with Gasteiger partial charge in [-0.25, -0.2) is 0 Å². The van der Waals surface area contributed by atoms with Crippen molar-refractivity contribution in [3.05, 3.63) is 29.8 Å². The number of rotatable bonds is 5. The van der Waals surface area contributed by atoms with E-state index < -0.39 is 0 Å². The van der Waals surface area contributed by atoms with E-state index in [1.807, 2.05) is 0 Å². The highest BCUT2D eigenvalue weighted by atomic mass is 16.5. The molecule has 2 fully saturated rings. The summed E-state index contributed by atoms with van der Waals surface area (Å²) in [5.41, 5.74) is 1.71. The Morgan fingerprint density at radius 2 is 1.90 bits per heavy atom. The lowest BCUT2D eigenvalue weighted by atomic mass is 9.60. The Morgan fingerprint density at radius 1 is 1.20 bits per heavy atom. The van der Waals surface area contributed by atoms with Gasteiger partial charge in [-0.15, -0.1) is 0 Å². The summed E-state index contributed by atoms with van der Waals surface area (Å²) in [5.74, 6) is 1.04. The van der Waals surface area contributed by atoms with Crippen LogP contribution in [0.2, 0.25) is 0 Å². The largest absolute Gasteiger partial charge is 0.490 e. The zero-order valence-corrected chi connectivity index (χ0v) is 12.8. The topological polar surface area (TPSA) is 21.3 Å². The van der Waals surface area contributed by atoms with Crippen molar-refractivity contribution in [3.63, 3.8) is 0 Å². The van der Waals surface area contributed by atoms with Gasteiger partial charge in [-0.05, 0) is 44.9 Å². The summed E-state index contributed by atoms with van der Waals surface area (Å²) in [6.07, 6.45) is 8.23. The average molecular weight is 273 g/mol. The van der Waals surface area contributed by atoms with Crippen molar-refractivity contribution in [2.75, 3.05) is 6.54 Å². The van der Waals surface area contributed by atoms with E-state index in [0.29, 0.717) is 17.6 Å². The predicted molar refractivity (Wildman–Crippen MR) is 83.2 cm³/mol. The van der Waals surface area contributed by atoms with Gasteiger partial charge in [0, 0.05) is 17.9 Å². The van der Waals surface area contributed by atoms with Gasteiger partial charge in [0.25, 0.3) is 0 Å². The molecule has 0 saturated heterocycles. The molecule has 2 aliphatic carbocycles. The Morgan fingerprint density at radius 3 is 2.55 bits per heavy atom. The first-order valence-electron chi connectivity index (χ1n) is 8.21. The van der Waals surface area contributed by atoms with Crippen LogP contribution in [0.1, 0.15) is 51.0 Å². The van der Waals surface area contributed by atoms with Crippen molar-refractivity contribution in [1.29, 1.82) is 0 Å². The van der Waals surface area contributed by atoms with Gasteiger partial charge in [0.15, 0.2) is 0 Å². The van der Waals surface area contributed by atoms with E-state index in [0.717, 1.165) is 12.3 Å². The highest BCUT2D eigenvalue weighted by Crippen LogP contribution is 2.54. The summed E-state index contributed by atoms with van der Waals surface area (Å²) in [4.78, 5) is 0. The third-order valence-electron chi connectivity index (χ3n) is 5.26. The molecule has 2 heteroatoms. The lowest BCUT2D eigenvalue weighted by Gasteiger charge is -2.54. The summed E-state index contributed by atoms with van der Waals surface area (Å²) in [5, 5.41) is 3.75. The minimum absolute atomic E-state index is 0.417. The Hall–Kier alpha value is -1.02. The molecule has 3 rings (SSSR count). The normalized spacial score (nSPS) is 27.5. The van der Waals surface area contributed by atoms with Crippen molar-refractivity contribution in [2.24, 2.45) is 5.41 Å². The molecule has 0 aromatic heterocycles. The maximum Gasteiger partial charge on any atom is 0.119 e. The highest BCUT2D eigenvalue weighted by molar-refractivity contribution is 5.27. The van der Waals surface area contributed by atoms with Crippen LogP contribution in [0.5, 0.6) is 5.75 Å². The lowest BCUT2D eigenvalue weighted by Crippen LogP contribution is -2.63. The van der Waals surface area contributed by atoms with Gasteiger partial charge in [-0.1, -0.05) is 37.5 Å². The number of hydrogen-bond acceptors (Lipinski definition) is 2. The molecule has 2 nitrogen and oxygen atoms in total. The molecule has 2 aliphatic rings. The van der Waals surface area contributed by atoms with Gasteiger partial charge in [0.05, 0.1) is 0 Å². The maximum absolute atomic E-state index is 6.31. The van der Waals surface area contributed by atoms with Crippen molar-refractivity contribution in [2.45, 2.75) is 64.5 Å². The van der Waals surface area contributed by atoms with Gasteiger partial charge in [-0.3, -0.25) is 0 Å².